The van der Waals surface area contributed by atoms with E-state index in [9.17, 15) is 9.90 Å². The van der Waals surface area contributed by atoms with Crippen LogP contribution in [0, 0.1) is 5.92 Å². The maximum atomic E-state index is 12.1. The maximum Gasteiger partial charge on any atom is 0.407 e. The number of rotatable bonds is 12. The molecule has 0 spiro atoms. The van der Waals surface area contributed by atoms with Crippen LogP contribution in [0.1, 0.15) is 58.9 Å². The van der Waals surface area contributed by atoms with Gasteiger partial charge in [-0.3, -0.25) is 0 Å². The zero-order chi connectivity index (χ0) is 20.3. The summed E-state index contributed by atoms with van der Waals surface area (Å²) in [4.78, 5) is 12.1. The predicted octanol–water partition coefficient (Wildman–Crippen LogP) is 2.98. The highest BCUT2D eigenvalue weighted by atomic mass is 28.1. The fourth-order valence-electron chi connectivity index (χ4n) is 2.80. The molecule has 27 heavy (non-hydrogen) atoms. The molecule has 2 N–H and O–H groups in total. The molecule has 154 valence electrons. The largest absolute Gasteiger partial charge is 0.449 e. The summed E-state index contributed by atoms with van der Waals surface area (Å²) in [7, 11) is 0.754. The molecule has 0 aliphatic rings. The summed E-state index contributed by atoms with van der Waals surface area (Å²) in [6, 6.07) is 9.81. The van der Waals surface area contributed by atoms with Crippen molar-refractivity contribution in [1.29, 1.82) is 0 Å². The standard InChI is InChI=1S/C21H37NO4Si/c1-16(2)14-18(22-20(24)26-21(3,4)27)19(23)12-8-9-13-25-15-17-10-6-5-7-11-17/h5-7,10-11,16,18-19,23H,8-9,12-15H2,1-4,27H3,(H,22,24)/t18-,19?/m1/s1. The minimum absolute atomic E-state index is 0.285. The summed E-state index contributed by atoms with van der Waals surface area (Å²) in [5, 5.41) is 13.0. The van der Waals surface area contributed by atoms with Crippen molar-refractivity contribution in [3.63, 3.8) is 0 Å². The van der Waals surface area contributed by atoms with Crippen molar-refractivity contribution in [1.82, 2.24) is 5.32 Å². The fourth-order valence-corrected chi connectivity index (χ4v) is 2.99. The van der Waals surface area contributed by atoms with Gasteiger partial charge in [-0.05, 0) is 51.0 Å². The molecule has 5 nitrogen and oxygen atoms in total. The van der Waals surface area contributed by atoms with Crippen LogP contribution in [-0.4, -0.2) is 45.4 Å². The number of benzene rings is 1. The number of nitrogens with one attached hydrogen (secondary N) is 1. The van der Waals surface area contributed by atoms with E-state index < -0.39 is 17.4 Å². The van der Waals surface area contributed by atoms with E-state index in [4.69, 9.17) is 9.47 Å². The van der Waals surface area contributed by atoms with Gasteiger partial charge in [0.2, 0.25) is 0 Å². The molecule has 1 unspecified atom stereocenters. The van der Waals surface area contributed by atoms with Gasteiger partial charge in [-0.2, -0.15) is 0 Å². The van der Waals surface area contributed by atoms with Crippen LogP contribution in [0.2, 0.25) is 0 Å². The summed E-state index contributed by atoms with van der Waals surface area (Å²) in [6.45, 7) is 9.23. The number of ether oxygens (including phenoxy) is 2. The molecule has 1 aromatic carbocycles. The highest BCUT2D eigenvalue weighted by molar-refractivity contribution is 6.14. The van der Waals surface area contributed by atoms with Gasteiger partial charge in [-0.15, -0.1) is 0 Å². The molecule has 0 aliphatic heterocycles. The molecule has 2 atom stereocenters. The number of carbonyl (C=O) groups excluding carboxylic acids is 1. The summed E-state index contributed by atoms with van der Waals surface area (Å²) < 4.78 is 11.1. The van der Waals surface area contributed by atoms with Crippen LogP contribution in [-0.2, 0) is 16.1 Å². The quantitative estimate of drug-likeness (QED) is 0.422. The highest BCUT2D eigenvalue weighted by Crippen LogP contribution is 2.14. The van der Waals surface area contributed by atoms with Crippen LogP contribution in [0.4, 0.5) is 4.79 Å². The third kappa shape index (κ3) is 11.8. The number of aliphatic hydroxyl groups excluding tert-OH is 1. The molecular weight excluding hydrogens is 358 g/mol. The third-order valence-electron chi connectivity index (χ3n) is 4.04. The molecule has 0 heterocycles. The number of alkyl carbamates (subject to hydrolysis) is 1. The zero-order valence-corrected chi connectivity index (χ0v) is 19.5. The average Bonchev–Trinajstić information content (AvgIpc) is 2.56. The van der Waals surface area contributed by atoms with Gasteiger partial charge in [0.15, 0.2) is 0 Å². The summed E-state index contributed by atoms with van der Waals surface area (Å²) >= 11 is 0. The van der Waals surface area contributed by atoms with Crippen molar-refractivity contribution < 1.29 is 19.4 Å². The number of unbranched alkanes of at least 4 members (excludes halogenated alkanes) is 1. The van der Waals surface area contributed by atoms with Crippen LogP contribution in [0.25, 0.3) is 0 Å². The smallest absolute Gasteiger partial charge is 0.407 e. The number of amides is 1. The Balaban J connectivity index is 2.31. The number of aliphatic hydroxyl groups is 1. The Bertz CT molecular complexity index is 531. The number of hydrogen-bond donors (Lipinski definition) is 2. The molecule has 0 aromatic heterocycles. The van der Waals surface area contributed by atoms with Crippen molar-refractivity contribution in [3.05, 3.63) is 35.9 Å². The maximum absolute atomic E-state index is 12.1. The molecule has 0 saturated carbocycles. The highest BCUT2D eigenvalue weighted by Gasteiger charge is 2.25. The van der Waals surface area contributed by atoms with E-state index >= 15 is 0 Å². The lowest BCUT2D eigenvalue weighted by Crippen LogP contribution is -2.46. The van der Waals surface area contributed by atoms with E-state index in [1.807, 2.05) is 44.2 Å². The predicted molar refractivity (Wildman–Crippen MR) is 113 cm³/mol. The van der Waals surface area contributed by atoms with Gasteiger partial charge in [-0.25, -0.2) is 4.79 Å². The Morgan fingerprint density at radius 2 is 1.89 bits per heavy atom. The lowest BCUT2D eigenvalue weighted by atomic mass is 9.96. The summed E-state index contributed by atoms with van der Waals surface area (Å²) in [6.07, 6.45) is 2.08. The molecule has 1 amide bonds. The lowest BCUT2D eigenvalue weighted by Gasteiger charge is -2.28. The molecule has 1 aromatic rings. The van der Waals surface area contributed by atoms with Gasteiger partial charge in [0.1, 0.15) is 0 Å². The van der Waals surface area contributed by atoms with Crippen LogP contribution in [0.3, 0.4) is 0 Å². The second-order valence-electron chi connectivity index (χ2n) is 8.48. The van der Waals surface area contributed by atoms with Crippen molar-refractivity contribution in [3.8, 4) is 0 Å². The monoisotopic (exact) mass is 395 g/mol. The normalized spacial score (nSPS) is 14.1. The van der Waals surface area contributed by atoms with Gasteiger partial charge in [-0.1, -0.05) is 44.2 Å². The fraction of sp³-hybridized carbons (Fsp3) is 0.667. The van der Waals surface area contributed by atoms with Crippen LogP contribution >= 0.6 is 0 Å². The topological polar surface area (TPSA) is 67.8 Å². The first-order valence-electron chi connectivity index (χ1n) is 9.96. The molecular formula is C21H37NO4Si. The lowest BCUT2D eigenvalue weighted by molar-refractivity contribution is 0.0646. The van der Waals surface area contributed by atoms with Crippen molar-refractivity contribution in [2.24, 2.45) is 5.92 Å². The van der Waals surface area contributed by atoms with Crippen molar-refractivity contribution in [2.45, 2.75) is 77.4 Å². The molecule has 1 rings (SSSR count). The summed E-state index contributed by atoms with van der Waals surface area (Å²) in [5.41, 5.74) is 1.17. The van der Waals surface area contributed by atoms with E-state index in [0.29, 0.717) is 25.6 Å². The second-order valence-corrected chi connectivity index (χ2v) is 10.9. The SMILES string of the molecule is CC(C)C[C@@H](NC(=O)OC(C)(C)[SiH3])C(O)CCCCOCc1ccccc1. The molecule has 0 saturated heterocycles. The minimum atomic E-state index is -0.578. The molecule has 0 aliphatic carbocycles. The number of hydrogen-bond acceptors (Lipinski definition) is 4. The first kappa shape index (κ1) is 23.7. The van der Waals surface area contributed by atoms with Crippen LogP contribution < -0.4 is 5.32 Å². The first-order chi connectivity index (χ1) is 12.7. The van der Waals surface area contributed by atoms with E-state index in [1.165, 1.54) is 5.56 Å². The summed E-state index contributed by atoms with van der Waals surface area (Å²) in [5.74, 6) is 0.378. The van der Waals surface area contributed by atoms with E-state index in [-0.39, 0.29) is 6.04 Å². The van der Waals surface area contributed by atoms with E-state index in [0.717, 1.165) is 29.5 Å². The van der Waals surface area contributed by atoms with Crippen LogP contribution in [0.5, 0.6) is 0 Å². The molecule has 0 bridgehead atoms. The zero-order valence-electron chi connectivity index (χ0n) is 17.5. The number of carbonyl (C=O) groups is 1. The second kappa shape index (κ2) is 12.2. The third-order valence-corrected chi connectivity index (χ3v) is 4.25. The van der Waals surface area contributed by atoms with E-state index in [2.05, 4.69) is 19.2 Å². The average molecular weight is 396 g/mol. The first-order valence-corrected chi connectivity index (χ1v) is 11.0. The van der Waals surface area contributed by atoms with Gasteiger partial charge < -0.3 is 19.9 Å². The van der Waals surface area contributed by atoms with Gasteiger partial charge in [0, 0.05) is 6.61 Å². The Labute approximate surface area is 167 Å². The van der Waals surface area contributed by atoms with Crippen LogP contribution in [0.15, 0.2) is 30.3 Å². The molecule has 6 heteroatoms. The Morgan fingerprint density at radius 1 is 1.22 bits per heavy atom. The Morgan fingerprint density at radius 3 is 2.48 bits per heavy atom. The van der Waals surface area contributed by atoms with Gasteiger partial charge in [0.25, 0.3) is 0 Å². The molecule has 0 radical (unpaired) electrons. The van der Waals surface area contributed by atoms with Gasteiger partial charge >= 0.3 is 6.09 Å². The van der Waals surface area contributed by atoms with Crippen molar-refractivity contribution >= 4 is 16.3 Å². The molecule has 0 fully saturated rings. The Hall–Kier alpha value is -1.37. The Kier molecular flexibility index (Phi) is 10.7. The van der Waals surface area contributed by atoms with Crippen molar-refractivity contribution in [2.75, 3.05) is 6.61 Å². The van der Waals surface area contributed by atoms with E-state index in [1.54, 1.807) is 0 Å². The van der Waals surface area contributed by atoms with Gasteiger partial charge in [0.05, 0.1) is 34.2 Å². The minimum Gasteiger partial charge on any atom is -0.449 e.